The van der Waals surface area contributed by atoms with E-state index in [-0.39, 0.29) is 11.8 Å². The lowest BCUT2D eigenvalue weighted by molar-refractivity contribution is -0.118. The molecule has 1 amide bonds. The zero-order valence-electron chi connectivity index (χ0n) is 12.1. The van der Waals surface area contributed by atoms with Crippen LogP contribution in [0.15, 0.2) is 18.2 Å². The van der Waals surface area contributed by atoms with Crippen LogP contribution in [0.4, 0.5) is 5.69 Å². The summed E-state index contributed by atoms with van der Waals surface area (Å²) in [6, 6.07) is 6.28. The van der Waals surface area contributed by atoms with E-state index in [1.165, 1.54) is 36.8 Å². The summed E-state index contributed by atoms with van der Waals surface area (Å²) >= 11 is 0. The summed E-state index contributed by atoms with van der Waals surface area (Å²) in [6.07, 6.45) is 4.84. The molecule has 1 heterocycles. The molecule has 2 nitrogen and oxygen atoms in total. The zero-order valence-corrected chi connectivity index (χ0v) is 12.1. The van der Waals surface area contributed by atoms with Gasteiger partial charge in [-0.2, -0.15) is 0 Å². The molecule has 1 fully saturated rings. The monoisotopic (exact) mass is 257 g/mol. The van der Waals surface area contributed by atoms with Crippen molar-refractivity contribution in [2.24, 2.45) is 11.3 Å². The summed E-state index contributed by atoms with van der Waals surface area (Å²) in [5, 5.41) is 3.09. The molecule has 1 aliphatic carbocycles. The average molecular weight is 257 g/mol. The molecule has 0 aromatic heterocycles. The Labute approximate surface area is 115 Å². The van der Waals surface area contributed by atoms with Crippen LogP contribution in [0, 0.1) is 18.3 Å². The van der Waals surface area contributed by atoms with Crippen LogP contribution >= 0.6 is 0 Å². The first kappa shape index (κ1) is 12.7. The predicted octanol–water partition coefficient (Wildman–Crippen LogP) is 4.25. The molecule has 102 valence electrons. The number of rotatable bonds is 1. The van der Waals surface area contributed by atoms with E-state index in [0.717, 1.165) is 5.69 Å². The Bertz CT molecular complexity index is 508. The van der Waals surface area contributed by atoms with Crippen molar-refractivity contribution in [1.29, 1.82) is 0 Å². The second kappa shape index (κ2) is 4.36. The molecule has 1 aliphatic heterocycles. The third-order valence-electron chi connectivity index (χ3n) is 5.03. The van der Waals surface area contributed by atoms with E-state index in [9.17, 15) is 4.79 Å². The summed E-state index contributed by atoms with van der Waals surface area (Å²) in [5.41, 5.74) is 3.95. The SMILES string of the molecule is Cc1cccc2c1NC(=O)C2C1CCC(C)(C)CC1. The van der Waals surface area contributed by atoms with Gasteiger partial charge < -0.3 is 5.32 Å². The normalized spacial score (nSPS) is 26.1. The first-order chi connectivity index (χ1) is 8.98. The summed E-state index contributed by atoms with van der Waals surface area (Å²) in [7, 11) is 0. The molecule has 1 unspecified atom stereocenters. The van der Waals surface area contributed by atoms with Crippen molar-refractivity contribution in [3.8, 4) is 0 Å². The van der Waals surface area contributed by atoms with E-state index in [1.807, 2.05) is 0 Å². The Morgan fingerprint density at radius 2 is 1.89 bits per heavy atom. The Morgan fingerprint density at radius 1 is 1.21 bits per heavy atom. The smallest absolute Gasteiger partial charge is 0.232 e. The van der Waals surface area contributed by atoms with Gasteiger partial charge in [-0.05, 0) is 55.1 Å². The van der Waals surface area contributed by atoms with Crippen molar-refractivity contribution in [3.05, 3.63) is 29.3 Å². The number of aryl methyl sites for hydroxylation is 1. The van der Waals surface area contributed by atoms with Crippen LogP contribution in [0.25, 0.3) is 0 Å². The highest BCUT2D eigenvalue weighted by atomic mass is 16.2. The molecule has 2 aliphatic rings. The van der Waals surface area contributed by atoms with Gasteiger partial charge in [-0.3, -0.25) is 4.79 Å². The quantitative estimate of drug-likeness (QED) is 0.800. The number of anilines is 1. The Morgan fingerprint density at radius 3 is 2.58 bits per heavy atom. The maximum absolute atomic E-state index is 12.3. The van der Waals surface area contributed by atoms with Crippen molar-refractivity contribution in [3.63, 3.8) is 0 Å². The Hall–Kier alpha value is -1.31. The predicted molar refractivity (Wildman–Crippen MR) is 78.3 cm³/mol. The highest BCUT2D eigenvalue weighted by Crippen LogP contribution is 2.47. The minimum absolute atomic E-state index is 0.0889. The lowest BCUT2D eigenvalue weighted by Crippen LogP contribution is -2.28. The fraction of sp³-hybridized carbons (Fsp3) is 0.588. The summed E-state index contributed by atoms with van der Waals surface area (Å²) in [5.74, 6) is 0.830. The fourth-order valence-corrected chi connectivity index (χ4v) is 3.69. The number of amides is 1. The van der Waals surface area contributed by atoms with Gasteiger partial charge in [-0.15, -0.1) is 0 Å². The largest absolute Gasteiger partial charge is 0.325 e. The molecule has 0 spiro atoms. The zero-order chi connectivity index (χ0) is 13.6. The molecule has 1 saturated carbocycles. The van der Waals surface area contributed by atoms with Gasteiger partial charge in [0.15, 0.2) is 0 Å². The summed E-state index contributed by atoms with van der Waals surface area (Å²) < 4.78 is 0. The molecular formula is C17H23NO. The molecular weight excluding hydrogens is 234 g/mol. The topological polar surface area (TPSA) is 29.1 Å². The van der Waals surface area contributed by atoms with Crippen LogP contribution in [-0.2, 0) is 4.79 Å². The van der Waals surface area contributed by atoms with Crippen molar-refractivity contribution in [1.82, 2.24) is 0 Å². The van der Waals surface area contributed by atoms with E-state index in [1.54, 1.807) is 0 Å². The van der Waals surface area contributed by atoms with Gasteiger partial charge in [0.05, 0.1) is 5.92 Å². The molecule has 0 saturated heterocycles. The maximum Gasteiger partial charge on any atom is 0.232 e. The molecule has 0 radical (unpaired) electrons. The summed E-state index contributed by atoms with van der Waals surface area (Å²) in [6.45, 7) is 6.76. The second-order valence-corrected chi connectivity index (χ2v) is 7.01. The summed E-state index contributed by atoms with van der Waals surface area (Å²) in [4.78, 5) is 12.3. The van der Waals surface area contributed by atoms with E-state index < -0.39 is 0 Å². The average Bonchev–Trinajstić information content (AvgIpc) is 2.68. The second-order valence-electron chi connectivity index (χ2n) is 7.01. The molecule has 0 bridgehead atoms. The first-order valence-electron chi connectivity index (χ1n) is 7.38. The van der Waals surface area contributed by atoms with E-state index >= 15 is 0 Å². The van der Waals surface area contributed by atoms with E-state index in [0.29, 0.717) is 11.3 Å². The van der Waals surface area contributed by atoms with E-state index in [2.05, 4.69) is 44.3 Å². The highest BCUT2D eigenvalue weighted by molar-refractivity contribution is 6.03. The van der Waals surface area contributed by atoms with Crippen LogP contribution in [0.5, 0.6) is 0 Å². The van der Waals surface area contributed by atoms with Gasteiger partial charge >= 0.3 is 0 Å². The Kier molecular flexibility index (Phi) is 2.92. The van der Waals surface area contributed by atoms with Gasteiger partial charge in [-0.25, -0.2) is 0 Å². The molecule has 19 heavy (non-hydrogen) atoms. The van der Waals surface area contributed by atoms with Gasteiger partial charge in [0.25, 0.3) is 0 Å². The van der Waals surface area contributed by atoms with Crippen LogP contribution in [0.3, 0.4) is 0 Å². The number of benzene rings is 1. The van der Waals surface area contributed by atoms with E-state index in [4.69, 9.17) is 0 Å². The number of fused-ring (bicyclic) bond motifs is 1. The number of hydrogen-bond donors (Lipinski definition) is 1. The number of nitrogens with one attached hydrogen (secondary N) is 1. The van der Waals surface area contributed by atoms with Gasteiger partial charge in [-0.1, -0.05) is 32.0 Å². The minimum Gasteiger partial charge on any atom is -0.325 e. The number of para-hydroxylation sites is 1. The highest BCUT2D eigenvalue weighted by Gasteiger charge is 2.40. The van der Waals surface area contributed by atoms with Crippen molar-refractivity contribution in [2.75, 3.05) is 5.32 Å². The van der Waals surface area contributed by atoms with Crippen LogP contribution in [0.2, 0.25) is 0 Å². The van der Waals surface area contributed by atoms with Gasteiger partial charge in [0.2, 0.25) is 5.91 Å². The van der Waals surface area contributed by atoms with Crippen molar-refractivity contribution in [2.45, 2.75) is 52.4 Å². The number of carbonyl (C=O) groups is 1. The maximum atomic E-state index is 12.3. The van der Waals surface area contributed by atoms with Crippen LogP contribution < -0.4 is 5.32 Å². The minimum atomic E-state index is 0.0889. The van der Waals surface area contributed by atoms with Crippen molar-refractivity contribution >= 4 is 11.6 Å². The van der Waals surface area contributed by atoms with Crippen LogP contribution in [0.1, 0.15) is 56.6 Å². The molecule has 3 rings (SSSR count). The third-order valence-corrected chi connectivity index (χ3v) is 5.03. The lowest BCUT2D eigenvalue weighted by atomic mass is 9.68. The molecule has 1 aromatic carbocycles. The number of carbonyl (C=O) groups excluding carboxylic acids is 1. The third kappa shape index (κ3) is 2.18. The molecule has 1 N–H and O–H groups in total. The first-order valence-corrected chi connectivity index (χ1v) is 7.38. The molecule has 2 heteroatoms. The Balaban J connectivity index is 1.87. The molecule has 1 aromatic rings. The van der Waals surface area contributed by atoms with Gasteiger partial charge in [0.1, 0.15) is 0 Å². The van der Waals surface area contributed by atoms with Gasteiger partial charge in [0, 0.05) is 5.69 Å². The standard InChI is InChI=1S/C17H23NO/c1-11-5-4-6-13-14(16(19)18-15(11)13)12-7-9-17(2,3)10-8-12/h4-6,12,14H,7-10H2,1-3H3,(H,18,19). The van der Waals surface area contributed by atoms with Crippen molar-refractivity contribution < 1.29 is 4.79 Å². The molecule has 1 atom stereocenters. The lowest BCUT2D eigenvalue weighted by Gasteiger charge is -2.36. The number of hydrogen-bond acceptors (Lipinski definition) is 1. The fourth-order valence-electron chi connectivity index (χ4n) is 3.69. The van der Waals surface area contributed by atoms with Crippen LogP contribution in [-0.4, -0.2) is 5.91 Å².